The maximum absolute atomic E-state index is 13.6. The summed E-state index contributed by atoms with van der Waals surface area (Å²) in [6.07, 6.45) is 4.04. The molecule has 0 spiro atoms. The Hall–Kier alpha value is -1.62. The molecule has 1 N–H and O–H groups in total. The van der Waals surface area contributed by atoms with Gasteiger partial charge in [0.25, 0.3) is 5.91 Å². The van der Waals surface area contributed by atoms with Gasteiger partial charge in [0.05, 0.1) is 6.42 Å². The molecule has 2 rings (SSSR count). The molecule has 4 nitrogen and oxygen atoms in total. The van der Waals surface area contributed by atoms with Gasteiger partial charge in [-0.25, -0.2) is 4.39 Å². The Labute approximate surface area is 140 Å². The zero-order valence-corrected chi connectivity index (χ0v) is 13.9. The van der Waals surface area contributed by atoms with Crippen LogP contribution in [-0.4, -0.2) is 24.5 Å². The molecular formula is C17H21ClFNO3. The van der Waals surface area contributed by atoms with Crippen LogP contribution in [0.4, 0.5) is 4.39 Å². The van der Waals surface area contributed by atoms with Gasteiger partial charge in [-0.1, -0.05) is 37.4 Å². The molecule has 23 heavy (non-hydrogen) atoms. The van der Waals surface area contributed by atoms with E-state index in [9.17, 15) is 14.0 Å². The molecule has 0 heterocycles. The van der Waals surface area contributed by atoms with Gasteiger partial charge in [-0.3, -0.25) is 9.59 Å². The molecular weight excluding hydrogens is 321 g/mol. The molecule has 1 aliphatic rings. The van der Waals surface area contributed by atoms with E-state index in [1.54, 1.807) is 0 Å². The lowest BCUT2D eigenvalue weighted by molar-refractivity contribution is -0.148. The highest BCUT2D eigenvalue weighted by atomic mass is 35.5. The van der Waals surface area contributed by atoms with Crippen molar-refractivity contribution < 1.29 is 18.7 Å². The van der Waals surface area contributed by atoms with Crippen LogP contribution in [0, 0.1) is 11.7 Å². The molecule has 2 atom stereocenters. The third-order valence-corrected chi connectivity index (χ3v) is 4.56. The number of carbonyl (C=O) groups is 2. The zero-order valence-electron chi connectivity index (χ0n) is 13.1. The van der Waals surface area contributed by atoms with E-state index in [4.69, 9.17) is 16.3 Å². The van der Waals surface area contributed by atoms with Crippen molar-refractivity contribution in [2.24, 2.45) is 5.92 Å². The minimum Gasteiger partial charge on any atom is -0.455 e. The molecule has 0 aromatic heterocycles. The van der Waals surface area contributed by atoms with E-state index in [1.807, 2.05) is 0 Å². The Morgan fingerprint density at radius 1 is 1.35 bits per heavy atom. The molecule has 1 aromatic rings. The second-order valence-corrected chi connectivity index (χ2v) is 6.38. The lowest BCUT2D eigenvalue weighted by Gasteiger charge is -2.29. The zero-order chi connectivity index (χ0) is 16.8. The van der Waals surface area contributed by atoms with Gasteiger partial charge in [0, 0.05) is 16.6 Å². The topological polar surface area (TPSA) is 55.4 Å². The number of esters is 1. The summed E-state index contributed by atoms with van der Waals surface area (Å²) in [5, 5.41) is 3.06. The minimum atomic E-state index is -0.677. The molecule has 1 aliphatic carbocycles. The molecule has 126 valence electrons. The van der Waals surface area contributed by atoms with E-state index in [-0.39, 0.29) is 35.6 Å². The third kappa shape index (κ3) is 5.20. The number of nitrogens with one attached hydrogen (secondary N) is 1. The average Bonchev–Trinajstić information content (AvgIpc) is 2.51. The van der Waals surface area contributed by atoms with Crippen LogP contribution in [0.25, 0.3) is 0 Å². The van der Waals surface area contributed by atoms with Crippen LogP contribution < -0.4 is 5.32 Å². The number of ether oxygens (including phenoxy) is 1. The number of benzene rings is 1. The first-order valence-electron chi connectivity index (χ1n) is 7.85. The number of halogens is 2. The summed E-state index contributed by atoms with van der Waals surface area (Å²) in [5.74, 6) is -1.13. The summed E-state index contributed by atoms with van der Waals surface area (Å²) in [4.78, 5) is 23.6. The van der Waals surface area contributed by atoms with Gasteiger partial charge >= 0.3 is 5.97 Å². The van der Waals surface area contributed by atoms with Gasteiger partial charge in [0.2, 0.25) is 0 Å². The van der Waals surface area contributed by atoms with Gasteiger partial charge < -0.3 is 10.1 Å². The second-order valence-electron chi connectivity index (χ2n) is 5.97. The van der Waals surface area contributed by atoms with Crippen LogP contribution in [0.1, 0.15) is 38.2 Å². The van der Waals surface area contributed by atoms with E-state index in [0.29, 0.717) is 5.92 Å². The van der Waals surface area contributed by atoms with E-state index in [0.717, 1.165) is 19.3 Å². The minimum absolute atomic E-state index is 0.0838. The van der Waals surface area contributed by atoms with Crippen LogP contribution >= 0.6 is 11.6 Å². The highest BCUT2D eigenvalue weighted by molar-refractivity contribution is 6.31. The van der Waals surface area contributed by atoms with Crippen LogP contribution in [-0.2, 0) is 20.7 Å². The van der Waals surface area contributed by atoms with Crippen molar-refractivity contribution in [1.82, 2.24) is 5.32 Å². The monoisotopic (exact) mass is 341 g/mol. The first kappa shape index (κ1) is 17.7. The first-order chi connectivity index (χ1) is 11.0. The Kier molecular flexibility index (Phi) is 6.39. The third-order valence-electron chi connectivity index (χ3n) is 4.20. The number of rotatable bonds is 5. The summed E-state index contributed by atoms with van der Waals surface area (Å²) in [6.45, 7) is 1.75. The van der Waals surface area contributed by atoms with Gasteiger partial charge in [-0.2, -0.15) is 0 Å². The summed E-state index contributed by atoms with van der Waals surface area (Å²) in [6, 6.07) is 4.33. The lowest BCUT2D eigenvalue weighted by atomic mass is 9.86. The molecule has 0 radical (unpaired) electrons. The molecule has 0 saturated heterocycles. The van der Waals surface area contributed by atoms with E-state index >= 15 is 0 Å². The van der Waals surface area contributed by atoms with E-state index < -0.39 is 11.8 Å². The predicted octanol–water partition coefficient (Wildman–Crippen LogP) is 3.26. The molecule has 1 saturated carbocycles. The van der Waals surface area contributed by atoms with Gasteiger partial charge in [0.15, 0.2) is 6.61 Å². The van der Waals surface area contributed by atoms with Crippen LogP contribution in [0.3, 0.4) is 0 Å². The van der Waals surface area contributed by atoms with Crippen molar-refractivity contribution in [2.75, 3.05) is 6.61 Å². The lowest BCUT2D eigenvalue weighted by Crippen LogP contribution is -2.43. The van der Waals surface area contributed by atoms with Crippen molar-refractivity contribution in [3.63, 3.8) is 0 Å². The van der Waals surface area contributed by atoms with Crippen molar-refractivity contribution in [2.45, 2.75) is 45.1 Å². The second kappa shape index (κ2) is 8.29. The number of hydrogen-bond acceptors (Lipinski definition) is 3. The van der Waals surface area contributed by atoms with Crippen molar-refractivity contribution in [3.8, 4) is 0 Å². The number of carbonyl (C=O) groups excluding carboxylic acids is 2. The summed E-state index contributed by atoms with van der Waals surface area (Å²) in [7, 11) is 0. The fraction of sp³-hybridized carbons (Fsp3) is 0.529. The summed E-state index contributed by atoms with van der Waals surface area (Å²) >= 11 is 5.85. The molecule has 0 unspecified atom stereocenters. The smallest absolute Gasteiger partial charge is 0.310 e. The fourth-order valence-corrected chi connectivity index (χ4v) is 3.05. The fourth-order valence-electron chi connectivity index (χ4n) is 2.82. The predicted molar refractivity (Wildman–Crippen MR) is 85.6 cm³/mol. The highest BCUT2D eigenvalue weighted by Gasteiger charge is 2.23. The van der Waals surface area contributed by atoms with E-state index in [2.05, 4.69) is 12.2 Å². The molecule has 6 heteroatoms. The number of hydrogen-bond donors (Lipinski definition) is 1. The summed E-state index contributed by atoms with van der Waals surface area (Å²) in [5.41, 5.74) is 0.0838. The van der Waals surface area contributed by atoms with Crippen LogP contribution in [0.15, 0.2) is 18.2 Å². The van der Waals surface area contributed by atoms with Gasteiger partial charge in [0.1, 0.15) is 5.82 Å². The molecule has 1 amide bonds. The number of amides is 1. The molecule has 0 aliphatic heterocycles. The highest BCUT2D eigenvalue weighted by Crippen LogP contribution is 2.23. The molecule has 1 fully saturated rings. The Bertz CT molecular complexity index is 559. The quantitative estimate of drug-likeness (QED) is 0.836. The van der Waals surface area contributed by atoms with Crippen molar-refractivity contribution in [3.05, 3.63) is 34.6 Å². The van der Waals surface area contributed by atoms with Gasteiger partial charge in [-0.05, 0) is 30.9 Å². The standard InChI is InChI=1S/C17H21ClFNO3/c1-11-5-2-3-8-15(11)20-16(21)10-23-17(22)9-12-13(18)6-4-7-14(12)19/h4,6-7,11,15H,2-3,5,8-10H2,1H3,(H,20,21)/t11-,15+/m0/s1. The normalized spacial score (nSPS) is 20.8. The average molecular weight is 342 g/mol. The van der Waals surface area contributed by atoms with Crippen molar-refractivity contribution in [1.29, 1.82) is 0 Å². The Balaban J connectivity index is 1.78. The van der Waals surface area contributed by atoms with Crippen LogP contribution in [0.2, 0.25) is 5.02 Å². The molecule has 1 aromatic carbocycles. The summed E-state index contributed by atoms with van der Waals surface area (Å²) < 4.78 is 18.5. The van der Waals surface area contributed by atoms with Crippen molar-refractivity contribution >= 4 is 23.5 Å². The Morgan fingerprint density at radius 2 is 2.09 bits per heavy atom. The first-order valence-corrected chi connectivity index (χ1v) is 8.23. The largest absolute Gasteiger partial charge is 0.455 e. The van der Waals surface area contributed by atoms with Gasteiger partial charge in [-0.15, -0.1) is 0 Å². The SMILES string of the molecule is C[C@H]1CCCC[C@H]1NC(=O)COC(=O)Cc1c(F)cccc1Cl. The maximum atomic E-state index is 13.6. The van der Waals surface area contributed by atoms with E-state index in [1.165, 1.54) is 24.6 Å². The molecule has 0 bridgehead atoms. The van der Waals surface area contributed by atoms with Crippen LogP contribution in [0.5, 0.6) is 0 Å². The Morgan fingerprint density at radius 3 is 2.78 bits per heavy atom. The maximum Gasteiger partial charge on any atom is 0.310 e.